The van der Waals surface area contributed by atoms with Gasteiger partial charge in [-0.25, -0.2) is 9.78 Å². The van der Waals surface area contributed by atoms with Crippen LogP contribution in [-0.4, -0.2) is 40.7 Å². The fourth-order valence-electron chi connectivity index (χ4n) is 3.31. The Morgan fingerprint density at radius 1 is 1.30 bits per heavy atom. The zero-order valence-corrected chi connectivity index (χ0v) is 16.3. The summed E-state index contributed by atoms with van der Waals surface area (Å²) in [6.45, 7) is 2.06. The van der Waals surface area contributed by atoms with E-state index in [0.717, 1.165) is 16.6 Å². The Kier molecular flexibility index (Phi) is 5.18. The number of carbonyl (C=O) groups excluding carboxylic acids is 2. The molecule has 0 saturated carbocycles. The number of allylic oxidation sites excluding steroid dienone is 1. The van der Waals surface area contributed by atoms with Crippen molar-refractivity contribution in [2.45, 2.75) is 13.0 Å². The summed E-state index contributed by atoms with van der Waals surface area (Å²) < 4.78 is 7.03. The second-order valence-corrected chi connectivity index (χ2v) is 6.89. The van der Waals surface area contributed by atoms with Gasteiger partial charge in [0.15, 0.2) is 0 Å². The number of rotatable bonds is 5. The average molecular weight is 401 g/mol. The van der Waals surface area contributed by atoms with Gasteiger partial charge >= 0.3 is 6.09 Å². The average Bonchev–Trinajstić information content (AvgIpc) is 3.34. The van der Waals surface area contributed by atoms with Gasteiger partial charge in [0.05, 0.1) is 24.1 Å². The van der Waals surface area contributed by atoms with Gasteiger partial charge in [-0.1, -0.05) is 24.3 Å². The summed E-state index contributed by atoms with van der Waals surface area (Å²) in [5.41, 5.74) is 3.61. The summed E-state index contributed by atoms with van der Waals surface area (Å²) in [6.07, 6.45) is 2.56. The van der Waals surface area contributed by atoms with E-state index < -0.39 is 6.09 Å². The maximum atomic E-state index is 12.1. The number of carbonyl (C=O) groups is 2. The van der Waals surface area contributed by atoms with E-state index in [2.05, 4.69) is 16.4 Å². The maximum absolute atomic E-state index is 12.1. The normalized spacial score (nSPS) is 16.4. The van der Waals surface area contributed by atoms with Crippen molar-refractivity contribution in [3.8, 4) is 6.07 Å². The molecule has 30 heavy (non-hydrogen) atoms. The molecule has 2 aromatic carbocycles. The molecule has 4 rings (SSSR count). The third-order valence-corrected chi connectivity index (χ3v) is 4.79. The molecule has 3 aromatic rings. The van der Waals surface area contributed by atoms with Crippen molar-refractivity contribution in [3.63, 3.8) is 0 Å². The molecule has 0 radical (unpaired) electrons. The van der Waals surface area contributed by atoms with Crippen LogP contribution in [0.4, 0.5) is 10.5 Å². The lowest BCUT2D eigenvalue weighted by Gasteiger charge is -2.13. The number of imidazole rings is 1. The minimum Gasteiger partial charge on any atom is -0.442 e. The fraction of sp³-hybridized carbons (Fsp3) is 0.182. The molecular weight excluding hydrogens is 382 g/mol. The number of cyclic esters (lactones) is 1. The number of amides is 2. The van der Waals surface area contributed by atoms with Crippen LogP contribution in [0.2, 0.25) is 0 Å². The number of para-hydroxylation sites is 2. The van der Waals surface area contributed by atoms with E-state index in [1.165, 1.54) is 11.8 Å². The zero-order valence-electron chi connectivity index (χ0n) is 16.3. The summed E-state index contributed by atoms with van der Waals surface area (Å²) >= 11 is 0. The molecule has 0 spiro atoms. The van der Waals surface area contributed by atoms with Crippen LogP contribution in [0, 0.1) is 11.3 Å². The highest BCUT2D eigenvalue weighted by molar-refractivity contribution is 5.91. The monoisotopic (exact) mass is 401 g/mol. The second-order valence-electron chi connectivity index (χ2n) is 6.89. The summed E-state index contributed by atoms with van der Waals surface area (Å²) in [7, 11) is 0. The molecule has 1 fully saturated rings. The lowest BCUT2D eigenvalue weighted by Crippen LogP contribution is -2.33. The van der Waals surface area contributed by atoms with E-state index in [1.54, 1.807) is 29.1 Å². The number of fused-ring (bicyclic) bond motifs is 1. The van der Waals surface area contributed by atoms with E-state index in [9.17, 15) is 14.9 Å². The number of nitrogens with zero attached hydrogens (tertiary/aromatic N) is 4. The summed E-state index contributed by atoms with van der Waals surface area (Å²) in [4.78, 5) is 29.0. The first-order valence-electron chi connectivity index (χ1n) is 9.42. The molecule has 1 aromatic heterocycles. The Hall–Kier alpha value is -4.12. The quantitative estimate of drug-likeness (QED) is 0.663. The molecular formula is C22H19N5O3. The SMILES string of the molecule is CC(=O)NC[C@H]1CN(c2ccc(/C=C(\C#N)n3cnc4ccccc43)cc2)C(=O)O1. The molecule has 1 N–H and O–H groups in total. The lowest BCUT2D eigenvalue weighted by atomic mass is 10.1. The molecule has 2 heterocycles. The summed E-state index contributed by atoms with van der Waals surface area (Å²) in [6, 6.07) is 17.1. The highest BCUT2D eigenvalue weighted by Gasteiger charge is 2.32. The van der Waals surface area contributed by atoms with Gasteiger partial charge in [-0.05, 0) is 35.9 Å². The third-order valence-electron chi connectivity index (χ3n) is 4.79. The van der Waals surface area contributed by atoms with E-state index in [1.807, 2.05) is 36.4 Å². The van der Waals surface area contributed by atoms with Gasteiger partial charge in [0, 0.05) is 12.6 Å². The van der Waals surface area contributed by atoms with Crippen molar-refractivity contribution in [2.75, 3.05) is 18.0 Å². The van der Waals surface area contributed by atoms with Crippen LogP contribution in [0.5, 0.6) is 0 Å². The Morgan fingerprint density at radius 3 is 2.80 bits per heavy atom. The fourth-order valence-corrected chi connectivity index (χ4v) is 3.31. The van der Waals surface area contributed by atoms with E-state index in [-0.39, 0.29) is 18.6 Å². The molecule has 0 aliphatic carbocycles. The van der Waals surface area contributed by atoms with Crippen molar-refractivity contribution in [1.82, 2.24) is 14.9 Å². The van der Waals surface area contributed by atoms with Crippen LogP contribution in [-0.2, 0) is 9.53 Å². The predicted molar refractivity (Wildman–Crippen MR) is 112 cm³/mol. The van der Waals surface area contributed by atoms with Crippen molar-refractivity contribution in [3.05, 3.63) is 60.4 Å². The van der Waals surface area contributed by atoms with Gasteiger partial charge in [-0.3, -0.25) is 14.3 Å². The lowest BCUT2D eigenvalue weighted by molar-refractivity contribution is -0.119. The molecule has 0 unspecified atom stereocenters. The van der Waals surface area contributed by atoms with Crippen LogP contribution < -0.4 is 10.2 Å². The number of benzene rings is 2. The predicted octanol–water partition coefficient (Wildman–Crippen LogP) is 3.02. The summed E-state index contributed by atoms with van der Waals surface area (Å²) in [5, 5.41) is 12.3. The number of nitrogens with one attached hydrogen (secondary N) is 1. The standard InChI is InChI=1S/C22H19N5O3/c1-15(28)24-12-19-13-26(22(29)30-19)17-8-6-16(7-9-17)10-18(11-23)27-14-25-20-4-2-3-5-21(20)27/h2-10,14,19H,12-13H2,1H3,(H,24,28)/b18-10+/t19-/m0/s1. The molecule has 8 heteroatoms. The first kappa shape index (κ1) is 19.2. The largest absolute Gasteiger partial charge is 0.442 e. The molecule has 1 aliphatic rings. The highest BCUT2D eigenvalue weighted by atomic mass is 16.6. The molecule has 0 bridgehead atoms. The van der Waals surface area contributed by atoms with Crippen molar-refractivity contribution in [2.24, 2.45) is 0 Å². The maximum Gasteiger partial charge on any atom is 0.414 e. The van der Waals surface area contributed by atoms with Crippen molar-refractivity contribution in [1.29, 1.82) is 5.26 Å². The molecule has 1 aliphatic heterocycles. The van der Waals surface area contributed by atoms with Crippen LogP contribution in [0.25, 0.3) is 22.8 Å². The molecule has 8 nitrogen and oxygen atoms in total. The minimum atomic E-state index is -0.448. The smallest absolute Gasteiger partial charge is 0.414 e. The van der Waals surface area contributed by atoms with E-state index in [4.69, 9.17) is 4.74 Å². The molecule has 150 valence electrons. The van der Waals surface area contributed by atoms with Gasteiger partial charge in [-0.2, -0.15) is 5.26 Å². The summed E-state index contributed by atoms with van der Waals surface area (Å²) in [5.74, 6) is -0.167. The topological polar surface area (TPSA) is 100 Å². The Balaban J connectivity index is 1.52. The zero-order chi connectivity index (χ0) is 21.1. The van der Waals surface area contributed by atoms with Gasteiger partial charge in [0.25, 0.3) is 0 Å². The molecule has 1 atom stereocenters. The Morgan fingerprint density at radius 2 is 2.07 bits per heavy atom. The van der Waals surface area contributed by atoms with E-state index in [0.29, 0.717) is 17.9 Å². The highest BCUT2D eigenvalue weighted by Crippen LogP contribution is 2.24. The second kappa shape index (κ2) is 8.09. The number of aromatic nitrogens is 2. The first-order valence-corrected chi connectivity index (χ1v) is 9.42. The molecule has 2 amide bonds. The first-order chi connectivity index (χ1) is 14.5. The number of ether oxygens (including phenoxy) is 1. The van der Waals surface area contributed by atoms with Crippen molar-refractivity contribution < 1.29 is 14.3 Å². The number of hydrogen-bond donors (Lipinski definition) is 1. The van der Waals surface area contributed by atoms with Gasteiger partial charge in [0.1, 0.15) is 24.2 Å². The van der Waals surface area contributed by atoms with Gasteiger partial charge < -0.3 is 10.1 Å². The number of anilines is 1. The van der Waals surface area contributed by atoms with Crippen LogP contribution >= 0.6 is 0 Å². The third kappa shape index (κ3) is 3.86. The molecule has 1 saturated heterocycles. The number of nitriles is 1. The van der Waals surface area contributed by atoms with Crippen LogP contribution in [0.3, 0.4) is 0 Å². The van der Waals surface area contributed by atoms with Crippen LogP contribution in [0.15, 0.2) is 54.9 Å². The van der Waals surface area contributed by atoms with Crippen molar-refractivity contribution >= 4 is 40.5 Å². The Labute approximate surface area is 173 Å². The van der Waals surface area contributed by atoms with E-state index >= 15 is 0 Å². The minimum absolute atomic E-state index is 0.167. The Bertz CT molecular complexity index is 1170. The number of hydrogen-bond acceptors (Lipinski definition) is 5. The van der Waals surface area contributed by atoms with Gasteiger partial charge in [-0.15, -0.1) is 0 Å². The van der Waals surface area contributed by atoms with Crippen LogP contribution in [0.1, 0.15) is 12.5 Å². The van der Waals surface area contributed by atoms with Gasteiger partial charge in [0.2, 0.25) is 5.91 Å².